The van der Waals surface area contributed by atoms with Gasteiger partial charge in [0.2, 0.25) is 5.91 Å². The third-order valence-corrected chi connectivity index (χ3v) is 3.48. The van der Waals surface area contributed by atoms with Crippen LogP contribution >= 0.6 is 0 Å². The zero-order chi connectivity index (χ0) is 16.2. The Morgan fingerprint density at radius 2 is 2.05 bits per heavy atom. The molecular weight excluding hydrogens is 300 g/mol. The lowest BCUT2D eigenvalue weighted by atomic mass is 10.2. The predicted octanol–water partition coefficient (Wildman–Crippen LogP) is -0.184. The molecule has 0 saturated carbocycles. The molecule has 0 radical (unpaired) electrons. The van der Waals surface area contributed by atoms with Crippen molar-refractivity contribution in [2.45, 2.75) is 18.6 Å². The second kappa shape index (κ2) is 6.90. The van der Waals surface area contributed by atoms with Gasteiger partial charge in [0.25, 0.3) is 10.1 Å². The van der Waals surface area contributed by atoms with E-state index >= 15 is 0 Å². The van der Waals surface area contributed by atoms with Crippen LogP contribution in [-0.2, 0) is 23.8 Å². The molecule has 0 aromatic carbocycles. The molecule has 1 aliphatic heterocycles. The molecule has 1 fully saturated rings. The first kappa shape index (κ1) is 17.4. The van der Waals surface area contributed by atoms with Crippen LogP contribution in [0.3, 0.4) is 0 Å². The van der Waals surface area contributed by atoms with E-state index in [-0.39, 0.29) is 25.5 Å². The smallest absolute Gasteiger partial charge is 0.410 e. The maximum atomic E-state index is 12.1. The lowest BCUT2D eigenvalue weighted by Gasteiger charge is -2.24. The molecule has 1 aliphatic rings. The number of amides is 2. The quantitative estimate of drug-likeness (QED) is 0.515. The van der Waals surface area contributed by atoms with E-state index in [4.69, 9.17) is 8.92 Å². The van der Waals surface area contributed by atoms with E-state index in [0.717, 1.165) is 6.26 Å². The van der Waals surface area contributed by atoms with E-state index in [1.54, 1.807) is 14.1 Å². The Labute approximate surface area is 124 Å². The van der Waals surface area contributed by atoms with Gasteiger partial charge in [-0.25, -0.2) is 4.79 Å². The normalized spacial score (nSPS) is 22.0. The van der Waals surface area contributed by atoms with E-state index in [0.29, 0.717) is 0 Å². The molecule has 0 bridgehead atoms. The molecular formula is C12H20N2O6S. The van der Waals surface area contributed by atoms with Gasteiger partial charge in [-0.1, -0.05) is 12.7 Å². The predicted molar refractivity (Wildman–Crippen MR) is 75.1 cm³/mol. The summed E-state index contributed by atoms with van der Waals surface area (Å²) in [6, 6.07) is -0.802. The Kier molecular flexibility index (Phi) is 5.73. The minimum absolute atomic E-state index is 0.00973. The first-order chi connectivity index (χ1) is 9.65. The van der Waals surface area contributed by atoms with Gasteiger partial charge < -0.3 is 9.64 Å². The van der Waals surface area contributed by atoms with Crippen molar-refractivity contribution >= 4 is 22.1 Å². The highest BCUT2D eigenvalue weighted by atomic mass is 32.2. The largest absolute Gasteiger partial charge is 0.445 e. The van der Waals surface area contributed by atoms with E-state index in [1.807, 2.05) is 0 Å². The number of hydrogen-bond donors (Lipinski definition) is 0. The summed E-state index contributed by atoms with van der Waals surface area (Å²) in [5.41, 5.74) is 0. The molecule has 0 spiro atoms. The van der Waals surface area contributed by atoms with Gasteiger partial charge in [-0.05, 0) is 0 Å². The van der Waals surface area contributed by atoms with Crippen LogP contribution in [0.1, 0.15) is 6.42 Å². The van der Waals surface area contributed by atoms with Crippen LogP contribution in [0.25, 0.3) is 0 Å². The van der Waals surface area contributed by atoms with Crippen molar-refractivity contribution in [2.75, 3.05) is 33.5 Å². The fourth-order valence-corrected chi connectivity index (χ4v) is 2.70. The molecule has 2 atom stereocenters. The molecule has 1 rings (SSSR count). The Bertz CT molecular complexity index is 516. The Morgan fingerprint density at radius 1 is 1.43 bits per heavy atom. The van der Waals surface area contributed by atoms with Gasteiger partial charge in [0, 0.05) is 20.5 Å². The van der Waals surface area contributed by atoms with Crippen LogP contribution < -0.4 is 0 Å². The number of carbonyl (C=O) groups is 2. The van der Waals surface area contributed by atoms with Crippen molar-refractivity contribution in [3.63, 3.8) is 0 Å². The first-order valence-corrected chi connectivity index (χ1v) is 8.11. The number of rotatable bonds is 5. The Balaban J connectivity index is 2.87. The molecule has 2 amide bonds. The highest BCUT2D eigenvalue weighted by Crippen LogP contribution is 2.23. The zero-order valence-electron chi connectivity index (χ0n) is 12.3. The van der Waals surface area contributed by atoms with Crippen molar-refractivity contribution in [3.8, 4) is 0 Å². The molecule has 0 aliphatic carbocycles. The third kappa shape index (κ3) is 5.01. The second-order valence-electron chi connectivity index (χ2n) is 4.92. The van der Waals surface area contributed by atoms with E-state index in [1.165, 1.54) is 15.9 Å². The summed E-state index contributed by atoms with van der Waals surface area (Å²) in [7, 11) is -0.551. The summed E-state index contributed by atoms with van der Waals surface area (Å²) in [6.45, 7) is 3.42. The summed E-state index contributed by atoms with van der Waals surface area (Å²) < 4.78 is 32.1. The molecule has 1 heterocycles. The average Bonchev–Trinajstić information content (AvgIpc) is 2.76. The molecule has 21 heavy (non-hydrogen) atoms. The molecule has 0 N–H and O–H groups in total. The first-order valence-electron chi connectivity index (χ1n) is 6.29. The van der Waals surface area contributed by atoms with Crippen molar-refractivity contribution in [1.29, 1.82) is 0 Å². The summed E-state index contributed by atoms with van der Waals surface area (Å²) in [5, 5.41) is 0. The highest BCUT2D eigenvalue weighted by Gasteiger charge is 2.42. The van der Waals surface area contributed by atoms with Gasteiger partial charge in [0.15, 0.2) is 0 Å². The summed E-state index contributed by atoms with van der Waals surface area (Å²) in [6.07, 6.45) is 0.975. The van der Waals surface area contributed by atoms with Crippen molar-refractivity contribution < 1.29 is 26.9 Å². The lowest BCUT2D eigenvalue weighted by Crippen LogP contribution is -2.45. The molecule has 9 heteroatoms. The SMILES string of the molecule is C=CCOC(=O)N1C[C@@H](OS(C)(=O)=O)C[C@H]1C(=O)N(C)C. The van der Waals surface area contributed by atoms with Crippen LogP contribution in [0.5, 0.6) is 0 Å². The van der Waals surface area contributed by atoms with Gasteiger partial charge in [0.05, 0.1) is 18.9 Å². The standard InChI is InChI=1S/C12H20N2O6S/c1-5-6-19-12(16)14-8-9(20-21(4,17)18)7-10(14)11(15)13(2)3/h5,9-10H,1,6-8H2,2-4H3/t9-,10-/m0/s1. The minimum atomic E-state index is -3.66. The van der Waals surface area contributed by atoms with E-state index < -0.39 is 28.4 Å². The fourth-order valence-electron chi connectivity index (χ4n) is 2.06. The van der Waals surface area contributed by atoms with Crippen LogP contribution in [-0.4, -0.2) is 75.9 Å². The van der Waals surface area contributed by atoms with Crippen LogP contribution in [0.4, 0.5) is 4.79 Å². The van der Waals surface area contributed by atoms with Crippen molar-refractivity contribution in [2.24, 2.45) is 0 Å². The molecule has 120 valence electrons. The third-order valence-electron chi connectivity index (χ3n) is 2.86. The van der Waals surface area contributed by atoms with E-state index in [9.17, 15) is 18.0 Å². The maximum absolute atomic E-state index is 12.1. The Hall–Kier alpha value is -1.61. The van der Waals surface area contributed by atoms with Gasteiger partial charge in [-0.15, -0.1) is 0 Å². The lowest BCUT2D eigenvalue weighted by molar-refractivity contribution is -0.133. The monoisotopic (exact) mass is 320 g/mol. The number of likely N-dealkylation sites (N-methyl/N-ethyl adjacent to an activating group) is 1. The molecule has 0 unspecified atom stereocenters. The summed E-state index contributed by atoms with van der Waals surface area (Å²) >= 11 is 0. The van der Waals surface area contributed by atoms with Gasteiger partial charge in [-0.3, -0.25) is 13.9 Å². The average molecular weight is 320 g/mol. The van der Waals surface area contributed by atoms with Gasteiger partial charge in [-0.2, -0.15) is 8.42 Å². The van der Waals surface area contributed by atoms with E-state index in [2.05, 4.69) is 6.58 Å². The molecule has 8 nitrogen and oxygen atoms in total. The summed E-state index contributed by atoms with van der Waals surface area (Å²) in [4.78, 5) is 26.5. The fraction of sp³-hybridized carbons (Fsp3) is 0.667. The van der Waals surface area contributed by atoms with Crippen LogP contribution in [0.2, 0.25) is 0 Å². The topological polar surface area (TPSA) is 93.2 Å². The minimum Gasteiger partial charge on any atom is -0.445 e. The maximum Gasteiger partial charge on any atom is 0.410 e. The highest BCUT2D eigenvalue weighted by molar-refractivity contribution is 7.86. The van der Waals surface area contributed by atoms with Crippen molar-refractivity contribution in [3.05, 3.63) is 12.7 Å². The zero-order valence-corrected chi connectivity index (χ0v) is 13.1. The number of hydrogen-bond acceptors (Lipinski definition) is 6. The number of ether oxygens (including phenoxy) is 1. The van der Waals surface area contributed by atoms with Gasteiger partial charge in [0.1, 0.15) is 12.6 Å². The van der Waals surface area contributed by atoms with Gasteiger partial charge >= 0.3 is 6.09 Å². The molecule has 0 aromatic heterocycles. The number of likely N-dealkylation sites (tertiary alicyclic amines) is 1. The number of carbonyl (C=O) groups excluding carboxylic acids is 2. The van der Waals surface area contributed by atoms with Crippen LogP contribution in [0.15, 0.2) is 12.7 Å². The number of nitrogens with zero attached hydrogens (tertiary/aromatic N) is 2. The van der Waals surface area contributed by atoms with Crippen molar-refractivity contribution in [1.82, 2.24) is 9.80 Å². The Morgan fingerprint density at radius 3 is 2.52 bits per heavy atom. The van der Waals surface area contributed by atoms with Crippen LogP contribution in [0, 0.1) is 0 Å². The molecule has 0 aromatic rings. The molecule has 1 saturated heterocycles. The summed E-state index contributed by atoms with van der Waals surface area (Å²) in [5.74, 6) is -0.315. The second-order valence-corrected chi connectivity index (χ2v) is 6.53.